The maximum absolute atomic E-state index is 12.2. The van der Waals surface area contributed by atoms with Gasteiger partial charge in [-0.15, -0.1) is 10.2 Å². The molecule has 0 spiro atoms. The Kier molecular flexibility index (Phi) is 3.49. The molecule has 2 rings (SSSR count). The fourth-order valence-electron chi connectivity index (χ4n) is 1.70. The Hall–Kier alpha value is -0.900. The van der Waals surface area contributed by atoms with E-state index in [0.29, 0.717) is 24.2 Å². The average molecular weight is 301 g/mol. The molecule has 1 N–H and O–H groups in total. The minimum Gasteiger partial charge on any atom is -0.359 e. The molecule has 0 aromatic carbocycles. The highest BCUT2D eigenvalue weighted by atomic mass is 32.2. The van der Waals surface area contributed by atoms with Gasteiger partial charge in [-0.3, -0.25) is 0 Å². The third-order valence-corrected chi connectivity index (χ3v) is 5.81. The Balaban J connectivity index is 1.97. The van der Waals surface area contributed by atoms with Gasteiger partial charge in [0.05, 0.1) is 11.0 Å². The molecule has 5 nitrogen and oxygen atoms in total. The number of halogens is 3. The van der Waals surface area contributed by atoms with Crippen LogP contribution in [0.25, 0.3) is 0 Å². The van der Waals surface area contributed by atoms with E-state index in [4.69, 9.17) is 0 Å². The van der Waals surface area contributed by atoms with Crippen LogP contribution >= 0.6 is 11.3 Å². The van der Waals surface area contributed by atoms with Gasteiger partial charge in [0.2, 0.25) is 10.1 Å². The molecule has 2 heterocycles. The molecule has 18 heavy (non-hydrogen) atoms. The summed E-state index contributed by atoms with van der Waals surface area (Å²) in [5.41, 5.74) is 0. The molecule has 1 aromatic rings. The van der Waals surface area contributed by atoms with Crippen LogP contribution in [0.3, 0.4) is 0 Å². The van der Waals surface area contributed by atoms with Crippen molar-refractivity contribution in [2.45, 2.75) is 24.3 Å². The molecule has 0 aliphatic carbocycles. The van der Waals surface area contributed by atoms with E-state index in [9.17, 15) is 21.6 Å². The summed E-state index contributed by atoms with van der Waals surface area (Å²) in [7, 11) is -3.11. The molecule has 1 atom stereocenters. The van der Waals surface area contributed by atoms with Crippen molar-refractivity contribution in [2.24, 2.45) is 0 Å². The molecule has 102 valence electrons. The summed E-state index contributed by atoms with van der Waals surface area (Å²) in [6, 6.07) is 0. The summed E-state index contributed by atoms with van der Waals surface area (Å²) in [5.74, 6) is 0.142. The number of aromatic nitrogens is 2. The van der Waals surface area contributed by atoms with Gasteiger partial charge in [0.1, 0.15) is 0 Å². The van der Waals surface area contributed by atoms with Crippen LogP contribution in [0.5, 0.6) is 0 Å². The van der Waals surface area contributed by atoms with E-state index >= 15 is 0 Å². The zero-order valence-corrected chi connectivity index (χ0v) is 10.7. The molecule has 1 unspecified atom stereocenters. The number of nitrogens with one attached hydrogen (secondary N) is 1. The van der Waals surface area contributed by atoms with Crippen molar-refractivity contribution < 1.29 is 21.6 Å². The Labute approximate surface area is 105 Å². The highest BCUT2D eigenvalue weighted by Crippen LogP contribution is 2.33. The Bertz CT molecular complexity index is 526. The lowest BCUT2D eigenvalue weighted by Gasteiger charge is -2.08. The molecule has 1 aromatic heterocycles. The van der Waals surface area contributed by atoms with Gasteiger partial charge >= 0.3 is 6.18 Å². The number of hydrogen-bond donors (Lipinski definition) is 1. The summed E-state index contributed by atoms with van der Waals surface area (Å²) in [6.07, 6.45) is -3.39. The maximum Gasteiger partial charge on any atom is 0.445 e. The summed E-state index contributed by atoms with van der Waals surface area (Å²) in [5, 5.41) is 7.34. The summed E-state index contributed by atoms with van der Waals surface area (Å²) < 4.78 is 59.7. The molecule has 0 saturated carbocycles. The minimum atomic E-state index is -4.52. The van der Waals surface area contributed by atoms with E-state index in [-0.39, 0.29) is 17.4 Å². The third kappa shape index (κ3) is 2.91. The fraction of sp³-hybridized carbons (Fsp3) is 0.750. The van der Waals surface area contributed by atoms with Crippen LogP contribution in [0.4, 0.5) is 18.3 Å². The SMILES string of the molecule is O=S1(=O)CCCC1CNc1nnc(C(F)(F)F)s1. The lowest BCUT2D eigenvalue weighted by molar-refractivity contribution is -0.138. The van der Waals surface area contributed by atoms with Gasteiger partial charge in [0.25, 0.3) is 0 Å². The van der Waals surface area contributed by atoms with E-state index in [0.717, 1.165) is 0 Å². The van der Waals surface area contributed by atoms with Crippen molar-refractivity contribution >= 4 is 26.3 Å². The number of hydrogen-bond acceptors (Lipinski definition) is 6. The van der Waals surface area contributed by atoms with E-state index in [1.54, 1.807) is 0 Å². The zero-order chi connectivity index (χ0) is 13.4. The molecule has 1 fully saturated rings. The predicted octanol–water partition coefficient (Wildman–Crippen LogP) is 1.55. The van der Waals surface area contributed by atoms with Gasteiger partial charge in [-0.05, 0) is 12.8 Å². The Morgan fingerprint density at radius 3 is 2.61 bits per heavy atom. The second-order valence-corrected chi connectivity index (χ2v) is 7.30. The molecular formula is C8H10F3N3O2S2. The topological polar surface area (TPSA) is 72.0 Å². The number of nitrogens with zero attached hydrogens (tertiary/aromatic N) is 2. The number of anilines is 1. The molecule has 0 bridgehead atoms. The first-order valence-corrected chi connectivity index (χ1v) is 7.68. The van der Waals surface area contributed by atoms with Gasteiger partial charge in [-0.2, -0.15) is 13.2 Å². The van der Waals surface area contributed by atoms with E-state index in [2.05, 4.69) is 15.5 Å². The van der Waals surface area contributed by atoms with Crippen molar-refractivity contribution in [3.63, 3.8) is 0 Å². The van der Waals surface area contributed by atoms with E-state index in [1.807, 2.05) is 0 Å². The third-order valence-electron chi connectivity index (χ3n) is 2.61. The monoisotopic (exact) mass is 301 g/mol. The minimum absolute atomic E-state index is 0.00979. The van der Waals surface area contributed by atoms with Gasteiger partial charge in [-0.25, -0.2) is 8.42 Å². The highest BCUT2D eigenvalue weighted by Gasteiger charge is 2.36. The largest absolute Gasteiger partial charge is 0.445 e. The molecule has 1 saturated heterocycles. The second-order valence-electron chi connectivity index (χ2n) is 3.92. The molecule has 0 radical (unpaired) electrons. The van der Waals surface area contributed by atoms with Crippen molar-refractivity contribution in [1.82, 2.24) is 10.2 Å². The molecule has 1 aliphatic heterocycles. The summed E-state index contributed by atoms with van der Waals surface area (Å²) >= 11 is 0.370. The number of sulfone groups is 1. The van der Waals surface area contributed by atoms with Crippen molar-refractivity contribution in [3.05, 3.63) is 5.01 Å². The van der Waals surface area contributed by atoms with Gasteiger partial charge in [0, 0.05) is 6.54 Å². The fourth-order valence-corrected chi connectivity index (χ4v) is 4.08. The highest BCUT2D eigenvalue weighted by molar-refractivity contribution is 7.92. The van der Waals surface area contributed by atoms with Crippen LogP contribution in [0.15, 0.2) is 0 Å². The smallest absolute Gasteiger partial charge is 0.359 e. The standard InChI is InChI=1S/C8H10F3N3O2S2/c9-8(10,11)6-13-14-7(17-6)12-4-5-2-1-3-18(5,15)16/h5H,1-4H2,(H,12,14). The van der Waals surface area contributed by atoms with Gasteiger partial charge < -0.3 is 5.32 Å². The first-order valence-electron chi connectivity index (χ1n) is 5.15. The quantitative estimate of drug-likeness (QED) is 0.917. The normalized spacial score (nSPS) is 23.2. The Morgan fingerprint density at radius 2 is 2.11 bits per heavy atom. The Morgan fingerprint density at radius 1 is 1.39 bits per heavy atom. The average Bonchev–Trinajstić information content (AvgIpc) is 2.80. The predicted molar refractivity (Wildman–Crippen MR) is 60.2 cm³/mol. The van der Waals surface area contributed by atoms with Crippen molar-refractivity contribution in [1.29, 1.82) is 0 Å². The van der Waals surface area contributed by atoms with E-state index in [1.165, 1.54) is 0 Å². The van der Waals surface area contributed by atoms with Crippen LogP contribution in [0, 0.1) is 0 Å². The number of rotatable bonds is 3. The zero-order valence-electron chi connectivity index (χ0n) is 9.07. The van der Waals surface area contributed by atoms with Crippen LogP contribution in [0.1, 0.15) is 17.8 Å². The first-order chi connectivity index (χ1) is 8.29. The lowest BCUT2D eigenvalue weighted by Crippen LogP contribution is -2.24. The van der Waals surface area contributed by atoms with Crippen LogP contribution in [-0.4, -0.2) is 36.2 Å². The summed E-state index contributed by atoms with van der Waals surface area (Å²) in [6.45, 7) is 0.0782. The second kappa shape index (κ2) is 4.65. The van der Waals surface area contributed by atoms with Crippen LogP contribution in [-0.2, 0) is 16.0 Å². The lowest BCUT2D eigenvalue weighted by atomic mass is 10.2. The molecule has 1 aliphatic rings. The van der Waals surface area contributed by atoms with Crippen molar-refractivity contribution in [2.75, 3.05) is 17.6 Å². The van der Waals surface area contributed by atoms with Gasteiger partial charge in [0.15, 0.2) is 9.84 Å². The summed E-state index contributed by atoms with van der Waals surface area (Å²) in [4.78, 5) is 0. The van der Waals surface area contributed by atoms with Gasteiger partial charge in [-0.1, -0.05) is 11.3 Å². The molecule has 10 heteroatoms. The molecular weight excluding hydrogens is 291 g/mol. The van der Waals surface area contributed by atoms with Crippen LogP contribution in [0.2, 0.25) is 0 Å². The maximum atomic E-state index is 12.2. The van der Waals surface area contributed by atoms with Crippen molar-refractivity contribution in [3.8, 4) is 0 Å². The van der Waals surface area contributed by atoms with Crippen LogP contribution < -0.4 is 5.32 Å². The number of alkyl halides is 3. The first kappa shape index (κ1) is 13.5. The molecule has 0 amide bonds. The van der Waals surface area contributed by atoms with E-state index < -0.39 is 26.3 Å².